The van der Waals surface area contributed by atoms with Crippen LogP contribution in [-0.4, -0.2) is 81.3 Å². The molecule has 0 radical (unpaired) electrons. The number of aliphatic hydroxyl groups excluding tert-OH is 2. The van der Waals surface area contributed by atoms with Crippen LogP contribution in [0.1, 0.15) is 31.4 Å². The van der Waals surface area contributed by atoms with Crippen LogP contribution >= 0.6 is 0 Å². The minimum Gasteiger partial charge on any atom is -0.508 e. The molecular weight excluding hydrogens is 470 g/mol. The monoisotopic (exact) mass is 501 g/mol. The fourth-order valence-electron chi connectivity index (χ4n) is 5.58. The molecule has 0 bridgehead atoms. The first-order valence-electron chi connectivity index (χ1n) is 11.7. The van der Waals surface area contributed by atoms with Crippen molar-refractivity contribution in [2.45, 2.75) is 44.4 Å². The Morgan fingerprint density at radius 2 is 1.92 bits per heavy atom. The van der Waals surface area contributed by atoms with Crippen LogP contribution in [0.5, 0.6) is 5.75 Å². The zero-order valence-electron chi connectivity index (χ0n) is 20.5. The number of ketones is 2. The highest BCUT2D eigenvalue weighted by atomic mass is 16.7. The number of likely N-dealkylation sites (N-methyl/N-ethyl adjacent to an activating group) is 1. The number of Topliss-reactive ketones (excluding diaryl/α,β-unsaturated/α-hetero) is 2. The molecule has 1 aromatic carbocycles. The fraction of sp³-hybridized carbons (Fsp3) is 0.480. The maximum atomic E-state index is 13.8. The summed E-state index contributed by atoms with van der Waals surface area (Å²) in [5, 5.41) is 46.5. The Bertz CT molecular complexity index is 1190. The number of carbonyl (C=O) groups is 3. The van der Waals surface area contributed by atoms with Crippen molar-refractivity contribution in [1.82, 2.24) is 15.7 Å². The second kappa shape index (κ2) is 9.32. The Morgan fingerprint density at radius 3 is 2.56 bits per heavy atom. The molecule has 1 amide bonds. The molecule has 3 aliphatic carbocycles. The Balaban J connectivity index is 1.80. The zero-order valence-corrected chi connectivity index (χ0v) is 20.5. The third-order valence-corrected chi connectivity index (χ3v) is 7.08. The van der Waals surface area contributed by atoms with E-state index < -0.39 is 58.0 Å². The molecule has 11 heteroatoms. The van der Waals surface area contributed by atoms with Crippen LogP contribution in [0, 0.1) is 11.8 Å². The van der Waals surface area contributed by atoms with Crippen molar-refractivity contribution in [3.63, 3.8) is 0 Å². The number of hydroxylamine groups is 1. The van der Waals surface area contributed by atoms with Crippen molar-refractivity contribution < 1.29 is 39.6 Å². The Hall–Kier alpha value is -3.25. The van der Waals surface area contributed by atoms with Crippen LogP contribution in [0.3, 0.4) is 0 Å². The molecule has 36 heavy (non-hydrogen) atoms. The van der Waals surface area contributed by atoms with E-state index in [0.717, 1.165) is 0 Å². The van der Waals surface area contributed by atoms with Crippen LogP contribution in [-0.2, 0) is 25.6 Å². The second-order valence-electron chi connectivity index (χ2n) is 9.90. The molecule has 6 N–H and O–H groups in total. The largest absolute Gasteiger partial charge is 0.508 e. The SMILES string of the molecule is CC(C)ONCNC(=O)C1=C(O)[C@@]2(O)C(=O)C3=C(O)c4c(O)cccc4C[C@H]3C[C@H]2[C@H](N(C)C)C1=O. The maximum Gasteiger partial charge on any atom is 0.259 e. The third-order valence-electron chi connectivity index (χ3n) is 7.08. The second-order valence-corrected chi connectivity index (χ2v) is 9.90. The number of phenols is 1. The summed E-state index contributed by atoms with van der Waals surface area (Å²) < 4.78 is 0. The van der Waals surface area contributed by atoms with E-state index in [-0.39, 0.29) is 42.5 Å². The lowest BCUT2D eigenvalue weighted by atomic mass is 9.57. The van der Waals surface area contributed by atoms with E-state index in [1.807, 2.05) is 0 Å². The highest BCUT2D eigenvalue weighted by Gasteiger charge is 2.64. The first-order valence-corrected chi connectivity index (χ1v) is 11.7. The maximum absolute atomic E-state index is 13.8. The average molecular weight is 502 g/mol. The number of rotatable bonds is 6. The van der Waals surface area contributed by atoms with Crippen molar-refractivity contribution in [3.8, 4) is 5.75 Å². The minimum atomic E-state index is -2.63. The Labute approximate surface area is 208 Å². The van der Waals surface area contributed by atoms with E-state index >= 15 is 0 Å². The molecule has 3 aliphatic rings. The number of amides is 1. The molecule has 0 unspecified atom stereocenters. The number of aromatic hydroxyl groups is 1. The number of hydrogen-bond acceptors (Lipinski definition) is 10. The average Bonchev–Trinajstić information content (AvgIpc) is 2.79. The van der Waals surface area contributed by atoms with Gasteiger partial charge in [-0.05, 0) is 58.3 Å². The summed E-state index contributed by atoms with van der Waals surface area (Å²) in [5.41, 5.74) is -0.289. The van der Waals surface area contributed by atoms with Gasteiger partial charge in [-0.3, -0.25) is 24.1 Å². The Kier molecular flexibility index (Phi) is 6.69. The van der Waals surface area contributed by atoms with Gasteiger partial charge in [-0.1, -0.05) is 12.1 Å². The molecule has 1 aromatic rings. The van der Waals surface area contributed by atoms with Gasteiger partial charge in [0.2, 0.25) is 5.78 Å². The molecule has 11 nitrogen and oxygen atoms in total. The summed E-state index contributed by atoms with van der Waals surface area (Å²) in [4.78, 5) is 46.8. The van der Waals surface area contributed by atoms with Crippen molar-refractivity contribution in [2.24, 2.45) is 11.8 Å². The lowest BCUT2D eigenvalue weighted by molar-refractivity contribution is -0.153. The van der Waals surface area contributed by atoms with Gasteiger partial charge in [0, 0.05) is 11.5 Å². The third kappa shape index (κ3) is 3.88. The zero-order chi connectivity index (χ0) is 26.5. The number of hydrogen-bond donors (Lipinski definition) is 6. The lowest BCUT2D eigenvalue weighted by Gasteiger charge is -2.50. The summed E-state index contributed by atoms with van der Waals surface area (Å²) >= 11 is 0. The molecule has 0 aliphatic heterocycles. The lowest BCUT2D eigenvalue weighted by Crippen LogP contribution is -2.66. The van der Waals surface area contributed by atoms with Crippen LogP contribution < -0.4 is 10.8 Å². The molecule has 194 valence electrons. The summed E-state index contributed by atoms with van der Waals surface area (Å²) in [6.45, 7) is 3.33. The standard InChI is InChI=1S/C25H31N3O8/c1-11(2)36-27-10-26-24(34)18-21(31)19(28(3)4)14-9-13-8-12-6-5-7-15(29)16(12)20(30)17(13)22(32)25(14,35)23(18)33/h5-7,11,13-14,19,27,29-30,33,35H,8-10H2,1-4H3,(H,26,34)/t13-,14-,19-,25-/m0/s1. The van der Waals surface area contributed by atoms with Crippen LogP contribution in [0.25, 0.3) is 5.76 Å². The molecular formula is C25H31N3O8. The number of phenolic OH excluding ortho intramolecular Hbond substituents is 1. The van der Waals surface area contributed by atoms with E-state index in [2.05, 4.69) is 10.8 Å². The van der Waals surface area contributed by atoms with Gasteiger partial charge in [0.1, 0.15) is 22.8 Å². The summed E-state index contributed by atoms with van der Waals surface area (Å²) in [6, 6.07) is 3.63. The smallest absolute Gasteiger partial charge is 0.259 e. The van der Waals surface area contributed by atoms with E-state index in [9.17, 15) is 34.8 Å². The topological polar surface area (TPSA) is 169 Å². The minimum absolute atomic E-state index is 0.0774. The van der Waals surface area contributed by atoms with E-state index in [4.69, 9.17) is 4.84 Å². The summed E-state index contributed by atoms with van der Waals surface area (Å²) in [6.07, 6.45) is 0.183. The number of nitrogens with zero attached hydrogens (tertiary/aromatic N) is 1. The number of fused-ring (bicyclic) bond motifs is 3. The van der Waals surface area contributed by atoms with Gasteiger partial charge in [0.25, 0.3) is 5.91 Å². The van der Waals surface area contributed by atoms with E-state index in [0.29, 0.717) is 5.56 Å². The van der Waals surface area contributed by atoms with Crippen LogP contribution in [0.4, 0.5) is 0 Å². The van der Waals surface area contributed by atoms with Gasteiger partial charge in [-0.25, -0.2) is 0 Å². The van der Waals surface area contributed by atoms with Gasteiger partial charge in [0.05, 0.1) is 24.4 Å². The molecule has 0 spiro atoms. The normalized spacial score (nSPS) is 27.8. The number of aliphatic hydroxyl groups is 3. The predicted octanol–water partition coefficient (Wildman–Crippen LogP) is 0.482. The van der Waals surface area contributed by atoms with Crippen molar-refractivity contribution in [1.29, 1.82) is 0 Å². The fourth-order valence-corrected chi connectivity index (χ4v) is 5.58. The Morgan fingerprint density at radius 1 is 1.22 bits per heavy atom. The molecule has 0 saturated heterocycles. The molecule has 0 heterocycles. The highest BCUT2D eigenvalue weighted by molar-refractivity contribution is 6.25. The molecule has 4 atom stereocenters. The summed E-state index contributed by atoms with van der Waals surface area (Å²) in [5.74, 6) is -6.12. The van der Waals surface area contributed by atoms with Gasteiger partial charge >= 0.3 is 0 Å². The van der Waals surface area contributed by atoms with Gasteiger partial charge in [0.15, 0.2) is 11.4 Å². The highest BCUT2D eigenvalue weighted by Crippen LogP contribution is 2.52. The van der Waals surface area contributed by atoms with Crippen LogP contribution in [0.15, 0.2) is 35.1 Å². The first-order chi connectivity index (χ1) is 16.9. The number of nitrogens with one attached hydrogen (secondary N) is 2. The van der Waals surface area contributed by atoms with E-state index in [1.165, 1.54) is 11.0 Å². The molecule has 1 fully saturated rings. The van der Waals surface area contributed by atoms with Crippen molar-refractivity contribution in [2.75, 3.05) is 20.8 Å². The van der Waals surface area contributed by atoms with Gasteiger partial charge < -0.3 is 25.7 Å². The van der Waals surface area contributed by atoms with E-state index in [1.54, 1.807) is 40.1 Å². The summed E-state index contributed by atoms with van der Waals surface area (Å²) in [7, 11) is 3.17. The van der Waals surface area contributed by atoms with Crippen molar-refractivity contribution >= 4 is 23.2 Å². The number of carbonyl (C=O) groups excluding carboxylic acids is 3. The number of benzene rings is 1. The molecule has 1 saturated carbocycles. The van der Waals surface area contributed by atoms with Gasteiger partial charge in [-0.15, -0.1) is 0 Å². The van der Waals surface area contributed by atoms with Crippen molar-refractivity contribution in [3.05, 3.63) is 46.2 Å². The van der Waals surface area contributed by atoms with Gasteiger partial charge in [-0.2, -0.15) is 5.48 Å². The predicted molar refractivity (Wildman–Crippen MR) is 127 cm³/mol. The van der Waals surface area contributed by atoms with Crippen LogP contribution in [0.2, 0.25) is 0 Å². The first kappa shape index (κ1) is 25.8. The quantitative estimate of drug-likeness (QED) is 0.140. The molecule has 4 rings (SSSR count). The molecule has 0 aromatic heterocycles.